The first kappa shape index (κ1) is 18.4. The molecule has 1 aromatic carbocycles. The van der Waals surface area contributed by atoms with E-state index in [2.05, 4.69) is 4.98 Å². The first-order chi connectivity index (χ1) is 10.1. The topological polar surface area (TPSA) is 68.5 Å². The predicted molar refractivity (Wildman–Crippen MR) is 90.9 cm³/mol. The van der Waals surface area contributed by atoms with E-state index in [0.29, 0.717) is 25.4 Å². The maximum atomic E-state index is 12.2. The number of thiazole rings is 1. The molecule has 22 heavy (non-hydrogen) atoms. The van der Waals surface area contributed by atoms with E-state index in [4.69, 9.17) is 10.5 Å². The Morgan fingerprint density at radius 1 is 1.41 bits per heavy atom. The van der Waals surface area contributed by atoms with Gasteiger partial charge in [-0.1, -0.05) is 18.2 Å². The first-order valence-corrected chi connectivity index (χ1v) is 7.58. The van der Waals surface area contributed by atoms with Crippen LogP contribution < -0.4 is 10.5 Å². The van der Waals surface area contributed by atoms with Gasteiger partial charge in [0.25, 0.3) is 5.91 Å². The number of amides is 1. The van der Waals surface area contributed by atoms with Crippen LogP contribution in [0.4, 0.5) is 0 Å². The summed E-state index contributed by atoms with van der Waals surface area (Å²) in [6.07, 6.45) is 0. The molecule has 0 fully saturated rings. The van der Waals surface area contributed by atoms with Crippen LogP contribution in [-0.2, 0) is 6.54 Å². The highest BCUT2D eigenvalue weighted by Crippen LogP contribution is 2.16. The Hall–Kier alpha value is -1.63. The summed E-state index contributed by atoms with van der Waals surface area (Å²) in [5, 5.41) is 2.51. The third-order valence-corrected chi connectivity index (χ3v) is 3.94. The largest absolute Gasteiger partial charge is 0.491 e. The van der Waals surface area contributed by atoms with Gasteiger partial charge >= 0.3 is 0 Å². The molecule has 0 saturated heterocycles. The number of carbonyl (C=O) groups excluding carboxylic acids is 1. The van der Waals surface area contributed by atoms with Gasteiger partial charge in [-0.15, -0.1) is 23.7 Å². The summed E-state index contributed by atoms with van der Waals surface area (Å²) in [6.45, 7) is 3.30. The Balaban J connectivity index is 0.00000242. The minimum Gasteiger partial charge on any atom is -0.491 e. The summed E-state index contributed by atoms with van der Waals surface area (Å²) in [7, 11) is 1.74. The summed E-state index contributed by atoms with van der Waals surface area (Å²) >= 11 is 1.40. The van der Waals surface area contributed by atoms with Gasteiger partial charge in [0.05, 0.1) is 6.54 Å². The van der Waals surface area contributed by atoms with E-state index < -0.39 is 0 Å². The molecular weight excluding hydrogens is 322 g/mol. The number of benzene rings is 1. The number of hydrogen-bond acceptors (Lipinski definition) is 5. The molecule has 0 bridgehead atoms. The van der Waals surface area contributed by atoms with E-state index in [1.54, 1.807) is 17.3 Å². The van der Waals surface area contributed by atoms with Crippen LogP contribution in [0.1, 0.15) is 21.1 Å². The molecule has 0 aliphatic carbocycles. The highest BCUT2D eigenvalue weighted by molar-refractivity contribution is 7.09. The lowest BCUT2D eigenvalue weighted by molar-refractivity contribution is 0.0768. The Labute approximate surface area is 140 Å². The Morgan fingerprint density at radius 3 is 2.77 bits per heavy atom. The van der Waals surface area contributed by atoms with E-state index in [9.17, 15) is 4.79 Å². The van der Waals surface area contributed by atoms with Crippen molar-refractivity contribution in [1.29, 1.82) is 0 Å². The molecule has 1 heterocycles. The average molecular weight is 342 g/mol. The highest BCUT2D eigenvalue weighted by Gasteiger charge is 2.15. The predicted octanol–water partition coefficient (Wildman–Crippen LogP) is 2.48. The van der Waals surface area contributed by atoms with Crippen molar-refractivity contribution in [2.45, 2.75) is 13.5 Å². The van der Waals surface area contributed by atoms with Crippen LogP contribution in [0.5, 0.6) is 5.75 Å². The lowest BCUT2D eigenvalue weighted by Crippen LogP contribution is -2.31. The number of aryl methyl sites for hydroxylation is 1. The molecule has 0 atom stereocenters. The van der Waals surface area contributed by atoms with Crippen LogP contribution in [0.15, 0.2) is 29.6 Å². The van der Waals surface area contributed by atoms with Crippen molar-refractivity contribution >= 4 is 29.7 Å². The summed E-state index contributed by atoms with van der Waals surface area (Å²) < 4.78 is 5.69. The van der Waals surface area contributed by atoms with Crippen LogP contribution in [0.3, 0.4) is 0 Å². The zero-order chi connectivity index (χ0) is 15.2. The number of rotatable bonds is 6. The van der Waals surface area contributed by atoms with E-state index >= 15 is 0 Å². The Morgan fingerprint density at radius 2 is 2.14 bits per heavy atom. The van der Waals surface area contributed by atoms with Crippen molar-refractivity contribution < 1.29 is 9.53 Å². The molecule has 2 rings (SSSR count). The van der Waals surface area contributed by atoms with Gasteiger partial charge in [-0.25, -0.2) is 4.98 Å². The molecule has 1 amide bonds. The van der Waals surface area contributed by atoms with Gasteiger partial charge in [0.1, 0.15) is 23.1 Å². The monoisotopic (exact) mass is 341 g/mol. The number of nitrogens with two attached hydrogens (primary N) is 1. The van der Waals surface area contributed by atoms with E-state index in [-0.39, 0.29) is 18.3 Å². The summed E-state index contributed by atoms with van der Waals surface area (Å²) in [4.78, 5) is 18.0. The van der Waals surface area contributed by atoms with Gasteiger partial charge in [-0.2, -0.15) is 0 Å². The zero-order valence-corrected chi connectivity index (χ0v) is 14.2. The summed E-state index contributed by atoms with van der Waals surface area (Å²) in [6, 6.07) is 7.81. The van der Waals surface area contributed by atoms with Gasteiger partial charge < -0.3 is 15.4 Å². The molecule has 0 unspecified atom stereocenters. The molecule has 2 N–H and O–H groups in total. The van der Waals surface area contributed by atoms with Crippen LogP contribution in [0, 0.1) is 6.92 Å². The van der Waals surface area contributed by atoms with Gasteiger partial charge in [0, 0.05) is 19.0 Å². The van der Waals surface area contributed by atoms with Crippen LogP contribution in [0.25, 0.3) is 0 Å². The van der Waals surface area contributed by atoms with Crippen molar-refractivity contribution in [2.24, 2.45) is 5.73 Å². The second kappa shape index (κ2) is 8.73. The quantitative estimate of drug-likeness (QED) is 0.876. The second-order valence-electron chi connectivity index (χ2n) is 4.67. The Kier molecular flexibility index (Phi) is 7.31. The Bertz CT molecular complexity index is 618. The number of ether oxygens (including phenoxy) is 1. The summed E-state index contributed by atoms with van der Waals surface area (Å²) in [5.74, 6) is 0.733. The van der Waals surface area contributed by atoms with Crippen LogP contribution in [0.2, 0.25) is 0 Å². The second-order valence-corrected chi connectivity index (χ2v) is 5.61. The fourth-order valence-corrected chi connectivity index (χ4v) is 2.46. The molecule has 0 aliphatic rings. The molecule has 5 nitrogen and oxygen atoms in total. The SMILES string of the molecule is Cc1ccccc1OCCN(C)C(=O)c1csc(CN)n1.Cl. The van der Waals surface area contributed by atoms with Gasteiger partial charge in [0.15, 0.2) is 0 Å². The minimum absolute atomic E-state index is 0. The maximum Gasteiger partial charge on any atom is 0.273 e. The van der Waals surface area contributed by atoms with E-state index in [1.807, 2.05) is 31.2 Å². The van der Waals surface area contributed by atoms with Crippen molar-refractivity contribution in [2.75, 3.05) is 20.2 Å². The minimum atomic E-state index is -0.112. The molecule has 2 aromatic rings. The van der Waals surface area contributed by atoms with Crippen molar-refractivity contribution in [1.82, 2.24) is 9.88 Å². The summed E-state index contributed by atoms with van der Waals surface area (Å²) in [5.41, 5.74) is 7.03. The zero-order valence-electron chi connectivity index (χ0n) is 12.6. The number of para-hydroxylation sites is 1. The number of likely N-dealkylation sites (N-methyl/N-ethyl adjacent to an activating group) is 1. The number of hydrogen-bond donors (Lipinski definition) is 1. The number of halogens is 1. The fourth-order valence-electron chi connectivity index (χ4n) is 1.81. The van der Waals surface area contributed by atoms with Crippen molar-refractivity contribution in [3.05, 3.63) is 45.9 Å². The first-order valence-electron chi connectivity index (χ1n) is 6.70. The molecule has 120 valence electrons. The molecule has 0 aliphatic heterocycles. The normalized spacial score (nSPS) is 9.95. The molecule has 7 heteroatoms. The lowest BCUT2D eigenvalue weighted by Gasteiger charge is -2.17. The lowest BCUT2D eigenvalue weighted by atomic mass is 10.2. The average Bonchev–Trinajstić information content (AvgIpc) is 2.97. The molecule has 0 saturated carbocycles. The fraction of sp³-hybridized carbons (Fsp3) is 0.333. The third kappa shape index (κ3) is 4.69. The van der Waals surface area contributed by atoms with Gasteiger partial charge in [-0.3, -0.25) is 4.79 Å². The number of aromatic nitrogens is 1. The maximum absolute atomic E-state index is 12.2. The molecule has 0 spiro atoms. The highest BCUT2D eigenvalue weighted by atomic mass is 35.5. The number of carbonyl (C=O) groups is 1. The van der Waals surface area contributed by atoms with Gasteiger partial charge in [-0.05, 0) is 18.6 Å². The van der Waals surface area contributed by atoms with E-state index in [1.165, 1.54) is 11.3 Å². The van der Waals surface area contributed by atoms with Crippen molar-refractivity contribution in [3.8, 4) is 5.75 Å². The van der Waals surface area contributed by atoms with E-state index in [0.717, 1.165) is 16.3 Å². The van der Waals surface area contributed by atoms with Gasteiger partial charge in [0.2, 0.25) is 0 Å². The third-order valence-electron chi connectivity index (χ3n) is 3.07. The van der Waals surface area contributed by atoms with Crippen LogP contribution >= 0.6 is 23.7 Å². The smallest absolute Gasteiger partial charge is 0.273 e. The molecular formula is C15H20ClN3O2S. The van der Waals surface area contributed by atoms with Crippen molar-refractivity contribution in [3.63, 3.8) is 0 Å². The number of nitrogens with zero attached hydrogens (tertiary/aromatic N) is 2. The van der Waals surface area contributed by atoms with Crippen LogP contribution in [-0.4, -0.2) is 36.0 Å². The molecule has 1 aromatic heterocycles. The molecule has 0 radical (unpaired) electrons. The standard InChI is InChI=1S/C15H19N3O2S.ClH/c1-11-5-3-4-6-13(11)20-8-7-18(2)15(19)12-10-21-14(9-16)17-12;/h3-6,10H,7-9,16H2,1-2H3;1H.